The molecule has 2 fully saturated rings. The summed E-state index contributed by atoms with van der Waals surface area (Å²) in [5.74, 6) is 0.396. The Morgan fingerprint density at radius 3 is 2.90 bits per heavy atom. The fourth-order valence-corrected chi connectivity index (χ4v) is 4.93. The van der Waals surface area contributed by atoms with Gasteiger partial charge in [-0.2, -0.15) is 5.26 Å². The van der Waals surface area contributed by atoms with Crippen LogP contribution in [0.2, 0.25) is 0 Å². The minimum Gasteiger partial charge on any atom is -0.441 e. The van der Waals surface area contributed by atoms with Crippen molar-refractivity contribution in [3.63, 3.8) is 0 Å². The fourth-order valence-electron chi connectivity index (χ4n) is 4.93. The third-order valence-corrected chi connectivity index (χ3v) is 6.43. The third kappa shape index (κ3) is 3.30. The van der Waals surface area contributed by atoms with Crippen molar-refractivity contribution in [3.05, 3.63) is 59.9 Å². The van der Waals surface area contributed by atoms with Gasteiger partial charge in [0.25, 0.3) is 0 Å². The Kier molecular flexibility index (Phi) is 4.47. The van der Waals surface area contributed by atoms with E-state index >= 15 is 0 Å². The smallest absolute Gasteiger partial charge is 0.415 e. The molecule has 1 aliphatic heterocycles. The second kappa shape index (κ2) is 7.17. The zero-order valence-electron chi connectivity index (χ0n) is 17.0. The molecule has 0 radical (unpaired) electrons. The largest absolute Gasteiger partial charge is 0.441 e. The maximum atomic E-state index is 12.7. The summed E-state index contributed by atoms with van der Waals surface area (Å²) in [5.41, 5.74) is 4.18. The highest BCUT2D eigenvalue weighted by Crippen LogP contribution is 2.42. The second-order valence-electron chi connectivity index (χ2n) is 8.65. The first kappa shape index (κ1) is 18.7. The molecule has 152 valence electrons. The molecule has 1 spiro atoms. The van der Waals surface area contributed by atoms with Crippen LogP contribution in [0.4, 0.5) is 10.5 Å². The number of imidazole rings is 1. The average Bonchev–Trinajstić information content (AvgIpc) is 3.29. The first-order chi connectivity index (χ1) is 14.5. The van der Waals surface area contributed by atoms with Crippen molar-refractivity contribution in [2.75, 3.05) is 11.4 Å². The van der Waals surface area contributed by atoms with Crippen molar-refractivity contribution in [2.45, 2.75) is 44.8 Å². The van der Waals surface area contributed by atoms with E-state index in [-0.39, 0.29) is 6.09 Å². The summed E-state index contributed by atoms with van der Waals surface area (Å²) in [6, 6.07) is 15.8. The molecule has 1 unspecified atom stereocenters. The summed E-state index contributed by atoms with van der Waals surface area (Å²) < 4.78 is 8.11. The van der Waals surface area contributed by atoms with Crippen LogP contribution >= 0.6 is 0 Å². The quantitative estimate of drug-likeness (QED) is 0.633. The van der Waals surface area contributed by atoms with Gasteiger partial charge in [0.1, 0.15) is 5.60 Å². The Labute approximate surface area is 175 Å². The Morgan fingerprint density at radius 2 is 2.10 bits per heavy atom. The van der Waals surface area contributed by atoms with E-state index in [1.54, 1.807) is 11.0 Å². The third-order valence-electron chi connectivity index (χ3n) is 6.43. The minimum absolute atomic E-state index is 0.244. The van der Waals surface area contributed by atoms with Crippen LogP contribution in [-0.2, 0) is 11.3 Å². The molecule has 2 heterocycles. The molecular weight excluding hydrogens is 376 g/mol. The van der Waals surface area contributed by atoms with Gasteiger partial charge in [-0.25, -0.2) is 9.78 Å². The normalized spacial score (nSPS) is 23.7. The van der Waals surface area contributed by atoms with Gasteiger partial charge in [-0.15, -0.1) is 0 Å². The highest BCUT2D eigenvalue weighted by atomic mass is 16.6. The molecule has 2 aromatic carbocycles. The number of nitriles is 1. The standard InChI is InChI=1S/C24H24N4O2/c1-17-4-7-20(8-5-17)28-15-24(30-23(28)29)10-2-3-19(12-24)14-27-16-26-21-9-6-18(13-25)11-22(21)27/h4-9,11,16,19H,2-3,10,12,14-15H2,1H3/t19?,24-/m0/s1. The number of aromatic nitrogens is 2. The molecule has 2 aliphatic rings. The number of hydrogen-bond donors (Lipinski definition) is 0. The average molecular weight is 400 g/mol. The van der Waals surface area contributed by atoms with Gasteiger partial charge >= 0.3 is 6.09 Å². The lowest BCUT2D eigenvalue weighted by Gasteiger charge is -2.36. The van der Waals surface area contributed by atoms with Crippen LogP contribution in [0, 0.1) is 24.2 Å². The van der Waals surface area contributed by atoms with Crippen LogP contribution in [0.25, 0.3) is 11.0 Å². The SMILES string of the molecule is Cc1ccc(N2C[C@@]3(CCCC(Cn4cnc5ccc(C#N)cc54)C3)OC2=O)cc1. The molecular formula is C24H24N4O2. The Bertz CT molecular complexity index is 1140. The lowest BCUT2D eigenvalue weighted by Crippen LogP contribution is -2.40. The van der Waals surface area contributed by atoms with E-state index in [1.807, 2.05) is 49.6 Å². The second-order valence-corrected chi connectivity index (χ2v) is 8.65. The van der Waals surface area contributed by atoms with Crippen LogP contribution in [0.1, 0.15) is 36.8 Å². The molecule has 5 rings (SSSR count). The molecule has 3 aromatic rings. The molecule has 1 aliphatic carbocycles. The number of ether oxygens (including phenoxy) is 1. The molecule has 0 N–H and O–H groups in total. The van der Waals surface area contributed by atoms with Crippen LogP contribution in [0.5, 0.6) is 0 Å². The summed E-state index contributed by atoms with van der Waals surface area (Å²) in [4.78, 5) is 18.9. The van der Waals surface area contributed by atoms with Gasteiger partial charge < -0.3 is 9.30 Å². The van der Waals surface area contributed by atoms with Crippen LogP contribution < -0.4 is 4.90 Å². The van der Waals surface area contributed by atoms with Gasteiger partial charge in [0.05, 0.1) is 35.5 Å². The van der Waals surface area contributed by atoms with Crippen LogP contribution in [-0.4, -0.2) is 27.8 Å². The molecule has 2 atom stereocenters. The number of carbonyl (C=O) groups is 1. The van der Waals surface area contributed by atoms with Gasteiger partial charge in [0.2, 0.25) is 0 Å². The number of rotatable bonds is 3. The zero-order chi connectivity index (χ0) is 20.7. The van der Waals surface area contributed by atoms with Crippen molar-refractivity contribution >= 4 is 22.8 Å². The van der Waals surface area contributed by atoms with E-state index in [0.717, 1.165) is 48.9 Å². The number of anilines is 1. The molecule has 1 amide bonds. The van der Waals surface area contributed by atoms with Crippen molar-refractivity contribution < 1.29 is 9.53 Å². The summed E-state index contributed by atoms with van der Waals surface area (Å²) in [5, 5.41) is 9.21. The molecule has 0 bridgehead atoms. The molecule has 6 heteroatoms. The lowest BCUT2D eigenvalue weighted by atomic mass is 9.78. The van der Waals surface area contributed by atoms with Crippen molar-refractivity contribution in [2.24, 2.45) is 5.92 Å². The number of benzene rings is 2. The Hall–Kier alpha value is -3.33. The number of aryl methyl sites for hydroxylation is 1. The molecule has 30 heavy (non-hydrogen) atoms. The minimum atomic E-state index is -0.418. The van der Waals surface area contributed by atoms with E-state index < -0.39 is 5.60 Å². The molecule has 1 saturated carbocycles. The number of nitrogens with zero attached hydrogens (tertiary/aromatic N) is 4. The maximum absolute atomic E-state index is 12.7. The Balaban J connectivity index is 1.35. The van der Waals surface area contributed by atoms with E-state index in [1.165, 1.54) is 5.56 Å². The monoisotopic (exact) mass is 400 g/mol. The number of amides is 1. The predicted molar refractivity (Wildman–Crippen MR) is 114 cm³/mol. The predicted octanol–water partition coefficient (Wildman–Crippen LogP) is 4.80. The highest BCUT2D eigenvalue weighted by molar-refractivity contribution is 5.90. The van der Waals surface area contributed by atoms with E-state index in [9.17, 15) is 10.1 Å². The number of carbonyl (C=O) groups excluding carboxylic acids is 1. The van der Waals surface area contributed by atoms with Gasteiger partial charge in [-0.3, -0.25) is 4.90 Å². The van der Waals surface area contributed by atoms with Gasteiger partial charge in [0, 0.05) is 12.2 Å². The van der Waals surface area contributed by atoms with Crippen molar-refractivity contribution in [1.82, 2.24) is 9.55 Å². The van der Waals surface area contributed by atoms with Crippen LogP contribution in [0.15, 0.2) is 48.8 Å². The van der Waals surface area contributed by atoms with Gasteiger partial charge in [0.15, 0.2) is 0 Å². The van der Waals surface area contributed by atoms with Crippen LogP contribution in [0.3, 0.4) is 0 Å². The fraction of sp³-hybridized carbons (Fsp3) is 0.375. The first-order valence-corrected chi connectivity index (χ1v) is 10.5. The number of fused-ring (bicyclic) bond motifs is 1. The Morgan fingerprint density at radius 1 is 1.27 bits per heavy atom. The highest BCUT2D eigenvalue weighted by Gasteiger charge is 2.48. The molecule has 1 aromatic heterocycles. The van der Waals surface area contributed by atoms with Gasteiger partial charge in [-0.1, -0.05) is 17.7 Å². The summed E-state index contributed by atoms with van der Waals surface area (Å²) in [6.45, 7) is 3.46. The van der Waals surface area contributed by atoms with Gasteiger partial charge in [-0.05, 0) is 68.9 Å². The summed E-state index contributed by atoms with van der Waals surface area (Å²) in [7, 11) is 0. The van der Waals surface area contributed by atoms with E-state index in [2.05, 4.69) is 15.6 Å². The molecule has 1 saturated heterocycles. The first-order valence-electron chi connectivity index (χ1n) is 10.5. The summed E-state index contributed by atoms with van der Waals surface area (Å²) in [6.07, 6.45) is 5.50. The zero-order valence-corrected chi connectivity index (χ0v) is 17.0. The summed E-state index contributed by atoms with van der Waals surface area (Å²) >= 11 is 0. The van der Waals surface area contributed by atoms with Crippen molar-refractivity contribution in [3.8, 4) is 6.07 Å². The van der Waals surface area contributed by atoms with Crippen molar-refractivity contribution in [1.29, 1.82) is 5.26 Å². The lowest BCUT2D eigenvalue weighted by molar-refractivity contribution is 0.00439. The van der Waals surface area contributed by atoms with E-state index in [0.29, 0.717) is 18.0 Å². The maximum Gasteiger partial charge on any atom is 0.415 e. The number of hydrogen-bond acceptors (Lipinski definition) is 4. The van der Waals surface area contributed by atoms with E-state index in [4.69, 9.17) is 4.74 Å². The topological polar surface area (TPSA) is 71.2 Å². The molecule has 6 nitrogen and oxygen atoms in total.